The minimum atomic E-state index is -0.290. The fraction of sp³-hybridized carbons (Fsp3) is 0.294. The second-order valence-electron chi connectivity index (χ2n) is 5.57. The number of benzene rings is 1. The van der Waals surface area contributed by atoms with Gasteiger partial charge in [-0.1, -0.05) is 5.16 Å². The van der Waals surface area contributed by atoms with E-state index < -0.39 is 0 Å². The van der Waals surface area contributed by atoms with Crippen molar-refractivity contribution >= 4 is 22.4 Å². The number of hydrogen-bond donors (Lipinski definition) is 1. The summed E-state index contributed by atoms with van der Waals surface area (Å²) in [6.45, 7) is 3.67. The second kappa shape index (κ2) is 7.52. The fourth-order valence-electron chi connectivity index (χ4n) is 2.35. The number of halogens is 1. The number of amides is 1. The molecule has 0 bridgehead atoms. The Balaban J connectivity index is 1.56. The first-order chi connectivity index (χ1) is 12.0. The van der Waals surface area contributed by atoms with Crippen LogP contribution in [0.2, 0.25) is 0 Å². The minimum absolute atomic E-state index is 0.115. The van der Waals surface area contributed by atoms with Crippen LogP contribution in [-0.4, -0.2) is 21.0 Å². The maximum absolute atomic E-state index is 13.0. The summed E-state index contributed by atoms with van der Waals surface area (Å²) in [5.41, 5.74) is 1.57. The van der Waals surface area contributed by atoms with Gasteiger partial charge in [-0.05, 0) is 44.5 Å². The van der Waals surface area contributed by atoms with Crippen LogP contribution in [0.4, 0.5) is 9.52 Å². The van der Waals surface area contributed by atoms with E-state index in [0.29, 0.717) is 36.1 Å². The van der Waals surface area contributed by atoms with Crippen molar-refractivity contribution in [2.24, 2.45) is 0 Å². The van der Waals surface area contributed by atoms with Crippen LogP contribution < -0.4 is 5.32 Å². The number of hydrogen-bond acceptors (Lipinski definition) is 6. The van der Waals surface area contributed by atoms with Gasteiger partial charge >= 0.3 is 0 Å². The minimum Gasteiger partial charge on any atom is -0.339 e. The topological polar surface area (TPSA) is 80.9 Å². The predicted molar refractivity (Wildman–Crippen MR) is 92.8 cm³/mol. The summed E-state index contributed by atoms with van der Waals surface area (Å²) in [5.74, 6) is 0.720. The van der Waals surface area contributed by atoms with Crippen molar-refractivity contribution in [2.75, 3.05) is 5.32 Å². The van der Waals surface area contributed by atoms with E-state index in [0.717, 1.165) is 16.1 Å². The molecule has 0 fully saturated rings. The standard InChI is InChI=1S/C17H17FN4O2S/c1-10-16(12-6-8-13(18)9-7-12)21-17(25-10)20-14(23)4-3-5-15-19-11(2)22-24-15/h6-9H,3-5H2,1-2H3,(H,20,21,23). The van der Waals surface area contributed by atoms with Crippen LogP contribution >= 0.6 is 11.3 Å². The van der Waals surface area contributed by atoms with Crippen LogP contribution in [0.25, 0.3) is 11.3 Å². The van der Waals surface area contributed by atoms with Crippen LogP contribution in [-0.2, 0) is 11.2 Å². The van der Waals surface area contributed by atoms with Crippen molar-refractivity contribution in [3.05, 3.63) is 46.7 Å². The van der Waals surface area contributed by atoms with Gasteiger partial charge < -0.3 is 9.84 Å². The van der Waals surface area contributed by atoms with E-state index in [1.54, 1.807) is 19.1 Å². The van der Waals surface area contributed by atoms with Crippen molar-refractivity contribution in [3.63, 3.8) is 0 Å². The van der Waals surface area contributed by atoms with Crippen LogP contribution in [0.1, 0.15) is 29.4 Å². The van der Waals surface area contributed by atoms with Gasteiger partial charge in [0, 0.05) is 23.3 Å². The van der Waals surface area contributed by atoms with Gasteiger partial charge in [-0.25, -0.2) is 9.37 Å². The number of aromatic nitrogens is 3. The number of nitrogens with one attached hydrogen (secondary N) is 1. The van der Waals surface area contributed by atoms with E-state index in [-0.39, 0.29) is 11.7 Å². The predicted octanol–water partition coefficient (Wildman–Crippen LogP) is 3.91. The highest BCUT2D eigenvalue weighted by molar-refractivity contribution is 7.16. The fourth-order valence-corrected chi connectivity index (χ4v) is 3.20. The van der Waals surface area contributed by atoms with Crippen molar-refractivity contribution < 1.29 is 13.7 Å². The molecule has 3 rings (SSSR count). The quantitative estimate of drug-likeness (QED) is 0.721. The number of carbonyl (C=O) groups is 1. The molecule has 2 aromatic heterocycles. The van der Waals surface area contributed by atoms with Gasteiger partial charge in [-0.2, -0.15) is 4.98 Å². The zero-order valence-corrected chi connectivity index (χ0v) is 14.7. The Labute approximate surface area is 148 Å². The molecule has 0 spiro atoms. The Kier molecular flexibility index (Phi) is 5.18. The molecule has 0 aliphatic carbocycles. The summed E-state index contributed by atoms with van der Waals surface area (Å²) in [7, 11) is 0. The number of nitrogens with zero attached hydrogens (tertiary/aromatic N) is 3. The van der Waals surface area contributed by atoms with Crippen molar-refractivity contribution in [1.29, 1.82) is 0 Å². The van der Waals surface area contributed by atoms with Gasteiger partial charge in [0.15, 0.2) is 11.0 Å². The lowest BCUT2D eigenvalue weighted by Crippen LogP contribution is -2.11. The van der Waals surface area contributed by atoms with Gasteiger partial charge in [0.2, 0.25) is 11.8 Å². The summed E-state index contributed by atoms with van der Waals surface area (Å²) in [4.78, 5) is 21.6. The third-order valence-corrected chi connectivity index (χ3v) is 4.41. The summed E-state index contributed by atoms with van der Waals surface area (Å²) >= 11 is 1.40. The molecule has 0 radical (unpaired) electrons. The van der Waals surface area contributed by atoms with E-state index in [9.17, 15) is 9.18 Å². The summed E-state index contributed by atoms with van der Waals surface area (Å²) in [5, 5.41) is 7.05. The van der Waals surface area contributed by atoms with Gasteiger partial charge in [0.1, 0.15) is 5.82 Å². The Hall–Kier alpha value is -2.61. The van der Waals surface area contributed by atoms with E-state index in [1.807, 2.05) is 6.92 Å². The molecule has 1 N–H and O–H groups in total. The van der Waals surface area contributed by atoms with E-state index >= 15 is 0 Å². The number of carbonyl (C=O) groups excluding carboxylic acids is 1. The summed E-state index contributed by atoms with van der Waals surface area (Å²) in [6, 6.07) is 6.14. The van der Waals surface area contributed by atoms with Gasteiger partial charge in [0.05, 0.1) is 5.69 Å². The largest absolute Gasteiger partial charge is 0.339 e. The van der Waals surface area contributed by atoms with Gasteiger partial charge in [-0.3, -0.25) is 4.79 Å². The van der Waals surface area contributed by atoms with Crippen molar-refractivity contribution in [1.82, 2.24) is 15.1 Å². The number of aryl methyl sites for hydroxylation is 3. The van der Waals surface area contributed by atoms with E-state index in [4.69, 9.17) is 4.52 Å². The molecule has 8 heteroatoms. The lowest BCUT2D eigenvalue weighted by molar-refractivity contribution is -0.116. The zero-order chi connectivity index (χ0) is 17.8. The average molecular weight is 360 g/mol. The maximum atomic E-state index is 13.0. The zero-order valence-electron chi connectivity index (χ0n) is 13.9. The van der Waals surface area contributed by atoms with E-state index in [1.165, 1.54) is 23.5 Å². The monoisotopic (exact) mass is 360 g/mol. The highest BCUT2D eigenvalue weighted by atomic mass is 32.1. The molecule has 0 atom stereocenters. The van der Waals surface area contributed by atoms with Crippen LogP contribution in [0.5, 0.6) is 0 Å². The molecule has 2 heterocycles. The average Bonchev–Trinajstić information content (AvgIpc) is 3.14. The van der Waals surface area contributed by atoms with E-state index in [2.05, 4.69) is 20.4 Å². The Morgan fingerprint density at radius 3 is 2.68 bits per heavy atom. The molecule has 1 aromatic carbocycles. The Bertz CT molecular complexity index is 873. The van der Waals surface area contributed by atoms with Crippen molar-refractivity contribution in [3.8, 4) is 11.3 Å². The number of anilines is 1. The Morgan fingerprint density at radius 2 is 2.00 bits per heavy atom. The van der Waals surface area contributed by atoms with Gasteiger partial charge in [-0.15, -0.1) is 11.3 Å². The number of thiazole rings is 1. The molecule has 0 aliphatic rings. The molecule has 130 valence electrons. The third-order valence-electron chi connectivity index (χ3n) is 3.52. The second-order valence-corrected chi connectivity index (χ2v) is 6.77. The molecule has 6 nitrogen and oxygen atoms in total. The first kappa shape index (κ1) is 17.2. The molecule has 25 heavy (non-hydrogen) atoms. The van der Waals surface area contributed by atoms with Crippen molar-refractivity contribution in [2.45, 2.75) is 33.1 Å². The molecule has 1 amide bonds. The molecule has 0 saturated heterocycles. The smallest absolute Gasteiger partial charge is 0.226 e. The van der Waals surface area contributed by atoms with Crippen LogP contribution in [0.15, 0.2) is 28.8 Å². The number of rotatable bonds is 6. The Morgan fingerprint density at radius 1 is 1.24 bits per heavy atom. The lowest BCUT2D eigenvalue weighted by atomic mass is 10.1. The normalized spacial score (nSPS) is 10.8. The SMILES string of the molecule is Cc1noc(CCCC(=O)Nc2nc(-c3ccc(F)cc3)c(C)s2)n1. The maximum Gasteiger partial charge on any atom is 0.226 e. The van der Waals surface area contributed by atoms with Crippen LogP contribution in [0.3, 0.4) is 0 Å². The summed E-state index contributed by atoms with van der Waals surface area (Å²) < 4.78 is 18.0. The van der Waals surface area contributed by atoms with Crippen LogP contribution in [0, 0.1) is 19.7 Å². The molecular formula is C17H17FN4O2S. The lowest BCUT2D eigenvalue weighted by Gasteiger charge is -2.00. The molecular weight excluding hydrogens is 343 g/mol. The highest BCUT2D eigenvalue weighted by Crippen LogP contribution is 2.30. The summed E-state index contributed by atoms with van der Waals surface area (Å²) in [6.07, 6.45) is 1.51. The highest BCUT2D eigenvalue weighted by Gasteiger charge is 2.12. The molecule has 3 aromatic rings. The molecule has 0 saturated carbocycles. The molecule has 0 aliphatic heterocycles. The van der Waals surface area contributed by atoms with Gasteiger partial charge in [0.25, 0.3) is 0 Å². The molecule has 0 unspecified atom stereocenters. The first-order valence-electron chi connectivity index (χ1n) is 7.83. The third kappa shape index (κ3) is 4.48. The first-order valence-corrected chi connectivity index (χ1v) is 8.65.